The van der Waals surface area contributed by atoms with Crippen LogP contribution in [0.4, 0.5) is 0 Å². The van der Waals surface area contributed by atoms with E-state index in [0.717, 1.165) is 0 Å². The second-order valence-corrected chi connectivity index (χ2v) is 3.76. The fraction of sp³-hybridized carbons (Fsp3) is 0.455. The van der Waals surface area contributed by atoms with Gasteiger partial charge in [-0.3, -0.25) is 9.78 Å². The average molecular weight is 240 g/mol. The fourth-order valence-electron chi connectivity index (χ4n) is 1.38. The molecule has 0 bridgehead atoms. The summed E-state index contributed by atoms with van der Waals surface area (Å²) in [6, 6.07) is 1.33. The lowest BCUT2D eigenvalue weighted by molar-refractivity contribution is -0.119. The molecule has 0 saturated heterocycles. The predicted molar refractivity (Wildman–Crippen MR) is 60.2 cm³/mol. The van der Waals surface area contributed by atoms with Gasteiger partial charge in [0.15, 0.2) is 0 Å². The van der Waals surface area contributed by atoms with Gasteiger partial charge in [0.1, 0.15) is 11.9 Å². The molecule has 0 spiro atoms. The van der Waals surface area contributed by atoms with E-state index in [9.17, 15) is 20.1 Å². The zero-order valence-corrected chi connectivity index (χ0v) is 9.50. The van der Waals surface area contributed by atoms with Crippen LogP contribution in [-0.4, -0.2) is 38.9 Å². The number of aromatic hydroxyl groups is 1. The summed E-state index contributed by atoms with van der Waals surface area (Å²) in [5, 5.41) is 31.1. The highest BCUT2D eigenvalue weighted by molar-refractivity contribution is 5.72. The second kappa shape index (κ2) is 6.17. The number of rotatable bonds is 5. The van der Waals surface area contributed by atoms with Crippen molar-refractivity contribution >= 4 is 5.91 Å². The van der Waals surface area contributed by atoms with Crippen molar-refractivity contribution in [2.45, 2.75) is 25.6 Å². The van der Waals surface area contributed by atoms with Gasteiger partial charge in [0.2, 0.25) is 5.91 Å². The molecule has 6 heteroatoms. The molecule has 1 heterocycles. The van der Waals surface area contributed by atoms with Crippen LogP contribution in [0, 0.1) is 0 Å². The van der Waals surface area contributed by atoms with E-state index in [1.165, 1.54) is 25.4 Å². The fourth-order valence-corrected chi connectivity index (χ4v) is 1.38. The Hall–Kier alpha value is -1.66. The number of carbonyl (C=O) groups excluding carboxylic acids is 1. The molecule has 1 amide bonds. The Labute approximate surface area is 98.9 Å². The molecule has 0 aliphatic rings. The van der Waals surface area contributed by atoms with Crippen LogP contribution in [0.25, 0.3) is 0 Å². The van der Waals surface area contributed by atoms with Crippen LogP contribution in [0.2, 0.25) is 0 Å². The molecule has 0 aromatic carbocycles. The van der Waals surface area contributed by atoms with Gasteiger partial charge in [-0.05, 0) is 12.5 Å². The van der Waals surface area contributed by atoms with Crippen molar-refractivity contribution in [3.8, 4) is 5.75 Å². The lowest BCUT2D eigenvalue weighted by atomic mass is 10.0. The summed E-state index contributed by atoms with van der Waals surface area (Å²) >= 11 is 0. The van der Waals surface area contributed by atoms with Gasteiger partial charge in [-0.15, -0.1) is 0 Å². The van der Waals surface area contributed by atoms with Gasteiger partial charge in [-0.2, -0.15) is 0 Å². The quantitative estimate of drug-likeness (QED) is 0.566. The highest BCUT2D eigenvalue weighted by atomic mass is 16.3. The van der Waals surface area contributed by atoms with Crippen molar-refractivity contribution in [3.63, 3.8) is 0 Å². The summed E-state index contributed by atoms with van der Waals surface area (Å²) in [5.74, 6) is -0.263. The monoisotopic (exact) mass is 240 g/mol. The highest BCUT2D eigenvalue weighted by Gasteiger charge is 2.18. The van der Waals surface area contributed by atoms with Crippen molar-refractivity contribution < 1.29 is 20.1 Å². The first-order valence-electron chi connectivity index (χ1n) is 5.25. The Morgan fingerprint density at radius 2 is 2.18 bits per heavy atom. The van der Waals surface area contributed by atoms with E-state index < -0.39 is 12.2 Å². The van der Waals surface area contributed by atoms with Gasteiger partial charge in [0, 0.05) is 25.2 Å². The number of aromatic nitrogens is 1. The van der Waals surface area contributed by atoms with Gasteiger partial charge >= 0.3 is 0 Å². The Balaban J connectivity index is 2.51. The highest BCUT2D eigenvalue weighted by Crippen LogP contribution is 2.20. The summed E-state index contributed by atoms with van der Waals surface area (Å²) < 4.78 is 0. The number of nitrogens with zero attached hydrogens (tertiary/aromatic N) is 1. The average Bonchev–Trinajstić information content (AvgIpc) is 2.27. The van der Waals surface area contributed by atoms with Gasteiger partial charge < -0.3 is 20.6 Å². The zero-order chi connectivity index (χ0) is 12.8. The minimum atomic E-state index is -1.14. The molecule has 0 saturated carbocycles. The minimum absolute atomic E-state index is 0.0735. The summed E-state index contributed by atoms with van der Waals surface area (Å²) in [5.41, 5.74) is 0.334. The van der Waals surface area contributed by atoms with E-state index in [0.29, 0.717) is 5.56 Å². The third kappa shape index (κ3) is 4.38. The Kier molecular flexibility index (Phi) is 4.86. The molecule has 1 aromatic heterocycles. The van der Waals surface area contributed by atoms with Crippen molar-refractivity contribution in [2.24, 2.45) is 0 Å². The largest absolute Gasteiger partial charge is 0.506 e. The molecule has 17 heavy (non-hydrogen) atoms. The van der Waals surface area contributed by atoms with Gasteiger partial charge in [0.25, 0.3) is 0 Å². The van der Waals surface area contributed by atoms with E-state index >= 15 is 0 Å². The topological polar surface area (TPSA) is 103 Å². The van der Waals surface area contributed by atoms with Crippen LogP contribution in [0.5, 0.6) is 5.75 Å². The molecular formula is C11H16N2O4. The first-order valence-corrected chi connectivity index (χ1v) is 5.25. The predicted octanol–water partition coefficient (Wildman–Crippen LogP) is -0.292. The second-order valence-electron chi connectivity index (χ2n) is 3.76. The number of carbonyl (C=O) groups is 1. The molecule has 94 valence electrons. The van der Waals surface area contributed by atoms with Crippen LogP contribution in [0.15, 0.2) is 18.5 Å². The molecule has 0 fully saturated rings. The molecule has 2 unspecified atom stereocenters. The normalized spacial score (nSPS) is 14.1. The summed E-state index contributed by atoms with van der Waals surface area (Å²) in [4.78, 5) is 14.3. The Morgan fingerprint density at radius 1 is 1.47 bits per heavy atom. The third-order valence-electron chi connectivity index (χ3n) is 2.26. The number of hydrogen-bond acceptors (Lipinski definition) is 5. The number of amides is 1. The van der Waals surface area contributed by atoms with Gasteiger partial charge in [0.05, 0.1) is 12.3 Å². The van der Waals surface area contributed by atoms with E-state index in [-0.39, 0.29) is 24.6 Å². The van der Waals surface area contributed by atoms with Crippen LogP contribution < -0.4 is 5.32 Å². The van der Waals surface area contributed by atoms with Crippen molar-refractivity contribution in [2.75, 3.05) is 6.54 Å². The first-order chi connectivity index (χ1) is 8.00. The van der Waals surface area contributed by atoms with Crippen molar-refractivity contribution in [1.29, 1.82) is 0 Å². The molecule has 0 radical (unpaired) electrons. The lowest BCUT2D eigenvalue weighted by Gasteiger charge is -2.17. The number of pyridine rings is 1. The maximum Gasteiger partial charge on any atom is 0.216 e. The summed E-state index contributed by atoms with van der Waals surface area (Å²) in [7, 11) is 0. The molecule has 1 aromatic rings. The molecule has 4 N–H and O–H groups in total. The number of nitrogens with one attached hydrogen (secondary N) is 1. The Bertz CT molecular complexity index is 383. The smallest absolute Gasteiger partial charge is 0.216 e. The Morgan fingerprint density at radius 3 is 2.76 bits per heavy atom. The van der Waals surface area contributed by atoms with E-state index in [1.54, 1.807) is 0 Å². The molecule has 1 rings (SSSR count). The van der Waals surface area contributed by atoms with Crippen molar-refractivity contribution in [3.05, 3.63) is 24.0 Å². The van der Waals surface area contributed by atoms with Crippen LogP contribution in [0.3, 0.4) is 0 Å². The third-order valence-corrected chi connectivity index (χ3v) is 2.26. The number of aliphatic hydroxyl groups excluding tert-OH is 2. The lowest BCUT2D eigenvalue weighted by Crippen LogP contribution is -2.27. The first kappa shape index (κ1) is 13.4. The van der Waals surface area contributed by atoms with Crippen molar-refractivity contribution in [1.82, 2.24) is 10.3 Å². The minimum Gasteiger partial charge on any atom is -0.506 e. The van der Waals surface area contributed by atoms with Crippen LogP contribution in [0.1, 0.15) is 25.0 Å². The number of aliphatic hydroxyl groups is 2. The van der Waals surface area contributed by atoms with Gasteiger partial charge in [-0.25, -0.2) is 0 Å². The standard InChI is InChI=1S/C11H16N2O4/c1-7(14)13-3-2-10(16)11(17)8-4-9(15)6-12-5-8/h4-6,10-11,15-17H,2-3H2,1H3,(H,13,14). The van der Waals surface area contributed by atoms with E-state index in [1.807, 2.05) is 0 Å². The van der Waals surface area contributed by atoms with Crippen LogP contribution in [-0.2, 0) is 4.79 Å². The molecule has 0 aliphatic heterocycles. The van der Waals surface area contributed by atoms with E-state index in [4.69, 9.17) is 0 Å². The molecule has 0 aliphatic carbocycles. The molecular weight excluding hydrogens is 224 g/mol. The van der Waals surface area contributed by atoms with E-state index in [2.05, 4.69) is 10.3 Å². The zero-order valence-electron chi connectivity index (χ0n) is 9.50. The SMILES string of the molecule is CC(=O)NCCC(O)C(O)c1cncc(O)c1. The molecule has 2 atom stereocenters. The number of hydrogen-bond donors (Lipinski definition) is 4. The van der Waals surface area contributed by atoms with Crippen LogP contribution >= 0.6 is 0 Å². The summed E-state index contributed by atoms with van der Waals surface area (Å²) in [6.45, 7) is 1.65. The maximum absolute atomic E-state index is 10.6. The molecule has 6 nitrogen and oxygen atoms in total. The van der Waals surface area contributed by atoms with Gasteiger partial charge in [-0.1, -0.05) is 0 Å². The maximum atomic E-state index is 10.6. The summed E-state index contributed by atoms with van der Waals surface area (Å²) in [6.07, 6.45) is 0.663.